The first-order valence-electron chi connectivity index (χ1n) is 5.79. The number of thiophene rings is 1. The van der Waals surface area contributed by atoms with Gasteiger partial charge in [-0.15, -0.1) is 16.4 Å². The largest absolute Gasteiger partial charge is 0.229 e. The second-order valence-corrected chi connectivity index (χ2v) is 6.32. The second kappa shape index (κ2) is 6.22. The molecule has 0 amide bonds. The van der Waals surface area contributed by atoms with Crippen LogP contribution in [0.4, 0.5) is 0 Å². The monoisotopic (exact) mass is 334 g/mol. The van der Waals surface area contributed by atoms with Crippen molar-refractivity contribution in [2.75, 3.05) is 0 Å². The minimum Gasteiger partial charge on any atom is -0.229 e. The van der Waals surface area contributed by atoms with Crippen molar-refractivity contribution < 1.29 is 0 Å². The molecule has 0 saturated heterocycles. The molecule has 6 nitrogen and oxygen atoms in total. The molecule has 3 rings (SSSR count). The molecule has 0 aliphatic carbocycles. The highest BCUT2D eigenvalue weighted by atomic mass is 35.5. The summed E-state index contributed by atoms with van der Waals surface area (Å²) < 4.78 is 1.69. The molecule has 0 radical (unpaired) electrons. The Hall–Kier alpha value is -1.95. The molecule has 0 atom stereocenters. The fourth-order valence-corrected chi connectivity index (χ4v) is 3.15. The molecule has 0 N–H and O–H groups in total. The van der Waals surface area contributed by atoms with Crippen molar-refractivity contribution in [3.63, 3.8) is 0 Å². The number of aromatic nitrogens is 5. The van der Waals surface area contributed by atoms with Crippen molar-refractivity contribution in [2.24, 2.45) is 0 Å². The van der Waals surface area contributed by atoms with Gasteiger partial charge in [0.1, 0.15) is 11.1 Å². The van der Waals surface area contributed by atoms with Crippen LogP contribution >= 0.6 is 34.7 Å². The Balaban J connectivity index is 1.83. The first kappa shape index (κ1) is 14.0. The normalized spacial score (nSPS) is 10.5. The van der Waals surface area contributed by atoms with Crippen molar-refractivity contribution >= 4 is 34.7 Å². The predicted octanol–water partition coefficient (Wildman–Crippen LogP) is 2.85. The second-order valence-electron chi connectivity index (χ2n) is 3.89. The number of nitrogens with zero attached hydrogens (tertiary/aromatic N) is 6. The third-order valence-corrected chi connectivity index (χ3v) is 4.58. The lowest BCUT2D eigenvalue weighted by Crippen LogP contribution is -2.02. The van der Waals surface area contributed by atoms with E-state index in [1.165, 1.54) is 11.8 Å². The summed E-state index contributed by atoms with van der Waals surface area (Å²) >= 11 is 8.80. The Morgan fingerprint density at radius 2 is 2.29 bits per heavy atom. The number of tetrazole rings is 1. The maximum Gasteiger partial charge on any atom is 0.215 e. The van der Waals surface area contributed by atoms with Gasteiger partial charge in [-0.25, -0.2) is 9.67 Å². The van der Waals surface area contributed by atoms with E-state index in [-0.39, 0.29) is 5.69 Å². The molecule has 0 fully saturated rings. The fraction of sp³-hybridized carbons (Fsp3) is 0.0833. The molecular formula is C12H7ClN6S2. The lowest BCUT2D eigenvalue weighted by Gasteiger charge is -2.03. The number of rotatable bonds is 4. The minimum atomic E-state index is 0.193. The van der Waals surface area contributed by atoms with E-state index in [0.29, 0.717) is 21.7 Å². The summed E-state index contributed by atoms with van der Waals surface area (Å²) in [5.74, 6) is 0. The number of hydrogen-bond donors (Lipinski definition) is 0. The van der Waals surface area contributed by atoms with Crippen LogP contribution in [-0.2, 0) is 6.54 Å². The molecule has 104 valence electrons. The van der Waals surface area contributed by atoms with Gasteiger partial charge in [0.25, 0.3) is 0 Å². The molecule has 0 saturated carbocycles. The zero-order valence-corrected chi connectivity index (χ0v) is 12.9. The number of nitriles is 1. The number of pyridine rings is 1. The van der Waals surface area contributed by atoms with Gasteiger partial charge in [-0.05, 0) is 45.8 Å². The van der Waals surface area contributed by atoms with Crippen LogP contribution in [0.25, 0.3) is 0 Å². The third-order valence-electron chi connectivity index (χ3n) is 2.51. The van der Waals surface area contributed by atoms with Gasteiger partial charge in [0, 0.05) is 4.88 Å². The highest BCUT2D eigenvalue weighted by molar-refractivity contribution is 7.99. The van der Waals surface area contributed by atoms with Crippen molar-refractivity contribution in [1.82, 2.24) is 25.2 Å². The summed E-state index contributed by atoms with van der Waals surface area (Å²) in [6.45, 7) is 0.603. The summed E-state index contributed by atoms with van der Waals surface area (Å²) in [7, 11) is 0. The molecule has 0 spiro atoms. The summed E-state index contributed by atoms with van der Waals surface area (Å²) in [6, 6.07) is 9.34. The molecule has 21 heavy (non-hydrogen) atoms. The molecule has 0 aliphatic heterocycles. The Bertz CT molecular complexity index is 792. The molecular weight excluding hydrogens is 328 g/mol. The summed E-state index contributed by atoms with van der Waals surface area (Å²) in [5, 5.41) is 24.2. The van der Waals surface area contributed by atoms with E-state index in [0.717, 1.165) is 4.88 Å². The minimum absolute atomic E-state index is 0.193. The molecule has 3 aromatic heterocycles. The Morgan fingerprint density at radius 3 is 3.05 bits per heavy atom. The Labute approximate surface area is 133 Å². The molecule has 0 aliphatic rings. The average molecular weight is 335 g/mol. The molecule has 3 aromatic rings. The van der Waals surface area contributed by atoms with Crippen LogP contribution in [0.15, 0.2) is 39.8 Å². The summed E-state index contributed by atoms with van der Waals surface area (Å²) in [5.41, 5.74) is 0.193. The zero-order chi connectivity index (χ0) is 14.7. The molecule has 3 heterocycles. The first-order chi connectivity index (χ1) is 10.3. The highest BCUT2D eigenvalue weighted by Gasteiger charge is 2.11. The van der Waals surface area contributed by atoms with Crippen LogP contribution in [-0.4, -0.2) is 25.2 Å². The van der Waals surface area contributed by atoms with Gasteiger partial charge in [-0.2, -0.15) is 5.26 Å². The summed E-state index contributed by atoms with van der Waals surface area (Å²) in [4.78, 5) is 5.33. The van der Waals surface area contributed by atoms with E-state index in [4.69, 9.17) is 16.9 Å². The zero-order valence-electron chi connectivity index (χ0n) is 10.5. The van der Waals surface area contributed by atoms with Gasteiger partial charge < -0.3 is 0 Å². The average Bonchev–Trinajstić information content (AvgIpc) is 3.14. The Kier molecular flexibility index (Phi) is 4.15. The highest BCUT2D eigenvalue weighted by Crippen LogP contribution is 2.26. The standard InChI is InChI=1S/C12H7ClN6S2/c13-9-3-4-11(15-10(9)6-14)21-12-16-17-18-19(12)7-8-2-1-5-20-8/h1-5H,7H2. The maximum atomic E-state index is 8.94. The SMILES string of the molecule is N#Cc1nc(Sc2nnnn2Cc2cccs2)ccc1Cl. The van der Waals surface area contributed by atoms with Gasteiger partial charge in [-0.1, -0.05) is 17.7 Å². The van der Waals surface area contributed by atoms with Crippen molar-refractivity contribution in [2.45, 2.75) is 16.7 Å². The van der Waals surface area contributed by atoms with Crippen molar-refractivity contribution in [1.29, 1.82) is 5.26 Å². The topological polar surface area (TPSA) is 80.3 Å². The molecule has 0 aromatic carbocycles. The predicted molar refractivity (Wildman–Crippen MR) is 79.3 cm³/mol. The van der Waals surface area contributed by atoms with Gasteiger partial charge in [0.05, 0.1) is 11.6 Å². The molecule has 0 unspecified atom stereocenters. The van der Waals surface area contributed by atoms with Crippen molar-refractivity contribution in [3.05, 3.63) is 45.2 Å². The fourth-order valence-electron chi connectivity index (χ4n) is 1.57. The van der Waals surface area contributed by atoms with E-state index in [9.17, 15) is 0 Å². The van der Waals surface area contributed by atoms with E-state index < -0.39 is 0 Å². The number of halogens is 1. The van der Waals surface area contributed by atoms with Crippen LogP contribution in [0.2, 0.25) is 5.02 Å². The third kappa shape index (κ3) is 3.21. The van der Waals surface area contributed by atoms with Crippen LogP contribution in [0.5, 0.6) is 0 Å². The van der Waals surface area contributed by atoms with Crippen LogP contribution < -0.4 is 0 Å². The molecule has 0 bridgehead atoms. The van der Waals surface area contributed by atoms with E-state index in [1.54, 1.807) is 28.2 Å². The quantitative estimate of drug-likeness (QED) is 0.729. The smallest absolute Gasteiger partial charge is 0.215 e. The maximum absolute atomic E-state index is 8.94. The van der Waals surface area contributed by atoms with E-state index >= 15 is 0 Å². The Morgan fingerprint density at radius 1 is 1.38 bits per heavy atom. The van der Waals surface area contributed by atoms with Gasteiger partial charge in [-0.3, -0.25) is 0 Å². The summed E-state index contributed by atoms with van der Waals surface area (Å²) in [6.07, 6.45) is 0. The molecule has 9 heteroatoms. The van der Waals surface area contributed by atoms with Crippen LogP contribution in [0.3, 0.4) is 0 Å². The van der Waals surface area contributed by atoms with Crippen molar-refractivity contribution in [3.8, 4) is 6.07 Å². The van der Waals surface area contributed by atoms with Gasteiger partial charge in [0.2, 0.25) is 5.16 Å². The van der Waals surface area contributed by atoms with Gasteiger partial charge >= 0.3 is 0 Å². The van der Waals surface area contributed by atoms with E-state index in [1.807, 2.05) is 23.6 Å². The van der Waals surface area contributed by atoms with E-state index in [2.05, 4.69) is 20.5 Å². The number of hydrogen-bond acceptors (Lipinski definition) is 7. The van der Waals surface area contributed by atoms with Gasteiger partial charge in [0.15, 0.2) is 5.69 Å². The van der Waals surface area contributed by atoms with Crippen LogP contribution in [0.1, 0.15) is 10.6 Å². The first-order valence-corrected chi connectivity index (χ1v) is 7.87. The lowest BCUT2D eigenvalue weighted by molar-refractivity contribution is 0.608. The lowest BCUT2D eigenvalue weighted by atomic mass is 10.4. The van der Waals surface area contributed by atoms with Crippen LogP contribution in [0, 0.1) is 11.3 Å².